The number of aryl methyl sites for hydroxylation is 1. The SMILES string of the molecule is CCO[P+](=O)C(C)CCc1ccc(N)c(OC)c1. The molecule has 0 aliphatic heterocycles. The third-order valence-corrected chi connectivity index (χ3v) is 4.26. The van der Waals surface area contributed by atoms with Crippen LogP contribution in [0.15, 0.2) is 18.2 Å². The first kappa shape index (κ1) is 14.9. The van der Waals surface area contributed by atoms with E-state index in [9.17, 15) is 4.57 Å². The van der Waals surface area contributed by atoms with Crippen LogP contribution < -0.4 is 10.5 Å². The Labute approximate surface area is 109 Å². The van der Waals surface area contributed by atoms with Crippen molar-refractivity contribution in [1.29, 1.82) is 0 Å². The quantitative estimate of drug-likeness (QED) is 0.609. The van der Waals surface area contributed by atoms with E-state index in [4.69, 9.17) is 15.0 Å². The Kier molecular flexibility index (Phi) is 6.10. The molecule has 0 fully saturated rings. The Bertz CT molecular complexity index is 409. The zero-order chi connectivity index (χ0) is 13.5. The number of ether oxygens (including phenoxy) is 1. The van der Waals surface area contributed by atoms with Crippen molar-refractivity contribution in [3.05, 3.63) is 23.8 Å². The van der Waals surface area contributed by atoms with Gasteiger partial charge in [0.05, 0.1) is 19.4 Å². The Morgan fingerprint density at radius 2 is 2.17 bits per heavy atom. The summed E-state index contributed by atoms with van der Waals surface area (Å²) in [4.78, 5) is 0. The third kappa shape index (κ3) is 4.28. The number of hydrogen-bond acceptors (Lipinski definition) is 4. The number of rotatable bonds is 7. The Morgan fingerprint density at radius 1 is 1.44 bits per heavy atom. The van der Waals surface area contributed by atoms with Gasteiger partial charge in [-0.25, -0.2) is 0 Å². The first-order valence-corrected chi connectivity index (χ1v) is 7.34. The van der Waals surface area contributed by atoms with Gasteiger partial charge >= 0.3 is 8.03 Å². The predicted octanol–water partition coefficient (Wildman–Crippen LogP) is 3.38. The standard InChI is InChI=1S/C13H21NO3P/c1-4-17-18(15)10(2)5-6-11-7-8-12(14)13(9-11)16-3/h7-10H,4-6,14H2,1-3H3/q+1. The Balaban J connectivity index is 2.55. The molecular weight excluding hydrogens is 249 g/mol. The molecule has 0 bridgehead atoms. The van der Waals surface area contributed by atoms with E-state index in [0.717, 1.165) is 18.4 Å². The second-order valence-electron chi connectivity index (χ2n) is 4.17. The molecule has 5 heteroatoms. The monoisotopic (exact) mass is 270 g/mol. The number of anilines is 1. The van der Waals surface area contributed by atoms with Crippen molar-refractivity contribution in [3.8, 4) is 5.75 Å². The maximum Gasteiger partial charge on any atom is 0.510 e. The van der Waals surface area contributed by atoms with Crippen molar-refractivity contribution in [2.45, 2.75) is 32.3 Å². The van der Waals surface area contributed by atoms with Gasteiger partial charge in [0.1, 0.15) is 5.75 Å². The van der Waals surface area contributed by atoms with E-state index in [0.29, 0.717) is 18.0 Å². The minimum absolute atomic E-state index is 0.0588. The number of methoxy groups -OCH3 is 1. The highest BCUT2D eigenvalue weighted by Gasteiger charge is 2.26. The van der Waals surface area contributed by atoms with Crippen molar-refractivity contribution in [1.82, 2.24) is 0 Å². The fourth-order valence-electron chi connectivity index (χ4n) is 1.65. The van der Waals surface area contributed by atoms with E-state index >= 15 is 0 Å². The molecule has 0 heterocycles. The highest BCUT2D eigenvalue weighted by Crippen LogP contribution is 2.32. The van der Waals surface area contributed by atoms with E-state index in [2.05, 4.69) is 0 Å². The summed E-state index contributed by atoms with van der Waals surface area (Å²) in [5, 5.41) is 0. The minimum Gasteiger partial charge on any atom is -0.495 e. The molecule has 0 radical (unpaired) electrons. The average Bonchev–Trinajstić information content (AvgIpc) is 2.37. The summed E-state index contributed by atoms with van der Waals surface area (Å²) < 4.78 is 21.9. The van der Waals surface area contributed by atoms with Gasteiger partial charge in [-0.1, -0.05) is 6.07 Å². The summed E-state index contributed by atoms with van der Waals surface area (Å²) in [5.41, 5.74) is 7.58. The molecule has 1 aromatic carbocycles. The molecule has 0 saturated heterocycles. The largest absolute Gasteiger partial charge is 0.510 e. The van der Waals surface area contributed by atoms with Gasteiger partial charge in [-0.2, -0.15) is 0 Å². The molecule has 0 aliphatic rings. The van der Waals surface area contributed by atoms with Crippen molar-refractivity contribution >= 4 is 13.7 Å². The van der Waals surface area contributed by atoms with Crippen LogP contribution in [-0.2, 0) is 15.5 Å². The molecule has 2 unspecified atom stereocenters. The highest BCUT2D eigenvalue weighted by atomic mass is 31.1. The predicted molar refractivity (Wildman–Crippen MR) is 74.4 cm³/mol. The topological polar surface area (TPSA) is 61.5 Å². The lowest BCUT2D eigenvalue weighted by molar-refractivity contribution is 0.343. The molecule has 0 spiro atoms. The van der Waals surface area contributed by atoms with E-state index in [1.165, 1.54) is 0 Å². The summed E-state index contributed by atoms with van der Waals surface area (Å²) in [6.45, 7) is 4.29. The van der Waals surface area contributed by atoms with Gasteiger partial charge in [0.2, 0.25) is 0 Å². The maximum absolute atomic E-state index is 11.6. The maximum atomic E-state index is 11.6. The molecule has 1 rings (SSSR count). The Hall–Kier alpha value is -1.12. The van der Waals surface area contributed by atoms with Gasteiger partial charge < -0.3 is 10.5 Å². The molecule has 2 atom stereocenters. The molecule has 0 aromatic heterocycles. The lowest BCUT2D eigenvalue weighted by Gasteiger charge is -2.07. The molecule has 4 nitrogen and oxygen atoms in total. The van der Waals surface area contributed by atoms with Crippen LogP contribution in [0.1, 0.15) is 25.8 Å². The fraction of sp³-hybridized carbons (Fsp3) is 0.538. The summed E-state index contributed by atoms with van der Waals surface area (Å²) in [7, 11) is 0.0397. The summed E-state index contributed by atoms with van der Waals surface area (Å²) >= 11 is 0. The molecule has 1 aromatic rings. The molecule has 0 aliphatic carbocycles. The van der Waals surface area contributed by atoms with Gasteiger partial charge in [0, 0.05) is 6.42 Å². The third-order valence-electron chi connectivity index (χ3n) is 2.76. The van der Waals surface area contributed by atoms with Crippen LogP contribution in [0.25, 0.3) is 0 Å². The highest BCUT2D eigenvalue weighted by molar-refractivity contribution is 7.40. The molecule has 100 valence electrons. The number of benzene rings is 1. The number of hydrogen-bond donors (Lipinski definition) is 1. The van der Waals surface area contributed by atoms with Gasteiger partial charge in [-0.05, 0) is 42.5 Å². The van der Waals surface area contributed by atoms with Crippen LogP contribution in [-0.4, -0.2) is 19.4 Å². The van der Waals surface area contributed by atoms with Gasteiger partial charge in [-0.15, -0.1) is 4.52 Å². The van der Waals surface area contributed by atoms with Crippen LogP contribution in [0, 0.1) is 0 Å². The second-order valence-corrected chi connectivity index (χ2v) is 5.88. The van der Waals surface area contributed by atoms with E-state index in [-0.39, 0.29) is 5.66 Å². The summed E-state index contributed by atoms with van der Waals surface area (Å²) in [6, 6.07) is 5.73. The number of nitrogen functional groups attached to an aromatic ring is 1. The first-order valence-electron chi connectivity index (χ1n) is 6.10. The van der Waals surface area contributed by atoms with Crippen molar-refractivity contribution in [2.75, 3.05) is 19.5 Å². The minimum atomic E-state index is -1.56. The lowest BCUT2D eigenvalue weighted by atomic mass is 10.1. The average molecular weight is 270 g/mol. The molecule has 0 amide bonds. The van der Waals surface area contributed by atoms with E-state index in [1.807, 2.05) is 32.0 Å². The van der Waals surface area contributed by atoms with Crippen LogP contribution >= 0.6 is 8.03 Å². The molecular formula is C13H21NO3P+. The second kappa shape index (κ2) is 7.34. The van der Waals surface area contributed by atoms with Crippen LogP contribution in [0.5, 0.6) is 5.75 Å². The van der Waals surface area contributed by atoms with E-state index < -0.39 is 8.03 Å². The lowest BCUT2D eigenvalue weighted by Crippen LogP contribution is -2.01. The zero-order valence-corrected chi connectivity index (χ0v) is 12.1. The zero-order valence-electron chi connectivity index (χ0n) is 11.2. The fourth-order valence-corrected chi connectivity index (χ4v) is 2.50. The van der Waals surface area contributed by atoms with E-state index in [1.54, 1.807) is 7.11 Å². The first-order chi connectivity index (χ1) is 8.58. The number of nitrogens with two attached hydrogens (primary N) is 1. The van der Waals surface area contributed by atoms with Gasteiger partial charge in [0.15, 0.2) is 5.66 Å². The van der Waals surface area contributed by atoms with Crippen LogP contribution in [0.4, 0.5) is 5.69 Å². The van der Waals surface area contributed by atoms with Crippen molar-refractivity contribution < 1.29 is 13.8 Å². The normalized spacial score (nSPS) is 13.2. The van der Waals surface area contributed by atoms with Crippen LogP contribution in [0.3, 0.4) is 0 Å². The summed E-state index contributed by atoms with van der Waals surface area (Å²) in [6.07, 6.45) is 1.66. The van der Waals surface area contributed by atoms with Crippen LogP contribution in [0.2, 0.25) is 0 Å². The molecule has 0 saturated carbocycles. The van der Waals surface area contributed by atoms with Gasteiger partial charge in [-0.3, -0.25) is 0 Å². The van der Waals surface area contributed by atoms with Gasteiger partial charge in [0.25, 0.3) is 0 Å². The molecule has 2 N–H and O–H groups in total. The van der Waals surface area contributed by atoms with Crippen molar-refractivity contribution in [3.63, 3.8) is 0 Å². The summed E-state index contributed by atoms with van der Waals surface area (Å²) in [5.74, 6) is 0.689. The molecule has 18 heavy (non-hydrogen) atoms. The van der Waals surface area contributed by atoms with Crippen molar-refractivity contribution in [2.24, 2.45) is 0 Å². The Morgan fingerprint density at radius 3 is 2.78 bits per heavy atom. The smallest absolute Gasteiger partial charge is 0.495 e.